The zero-order chi connectivity index (χ0) is 16.3. The number of hydrogen-bond donors (Lipinski definition) is 0. The van der Waals surface area contributed by atoms with Crippen molar-refractivity contribution in [3.63, 3.8) is 0 Å². The Hall–Kier alpha value is -2.08. The average molecular weight is 366 g/mol. The molecule has 0 fully saturated rings. The highest BCUT2D eigenvalue weighted by Crippen LogP contribution is 2.36. The molecule has 0 bridgehead atoms. The van der Waals surface area contributed by atoms with Gasteiger partial charge in [0.15, 0.2) is 0 Å². The van der Waals surface area contributed by atoms with Crippen molar-refractivity contribution in [2.75, 3.05) is 21.3 Å². The summed E-state index contributed by atoms with van der Waals surface area (Å²) in [7, 11) is 4.37. The molecule has 1 aromatic rings. The van der Waals surface area contributed by atoms with Crippen LogP contribution < -0.4 is 0 Å². The van der Waals surface area contributed by atoms with Gasteiger partial charge in [-0.3, -0.25) is 0 Å². The van der Waals surface area contributed by atoms with Crippen molar-refractivity contribution in [3.8, 4) is 0 Å². The van der Waals surface area contributed by atoms with Crippen LogP contribution in [0.5, 0.6) is 0 Å². The maximum atomic E-state index is 12.1. The first kappa shape index (κ1) is 16.3. The van der Waals surface area contributed by atoms with Crippen LogP contribution in [0, 0.1) is 0 Å². The number of rotatable bonds is 3. The van der Waals surface area contributed by atoms with Gasteiger partial charge in [-0.1, -0.05) is 28.1 Å². The third-order valence-electron chi connectivity index (χ3n) is 3.35. The van der Waals surface area contributed by atoms with E-state index in [0.717, 1.165) is 10.0 Å². The van der Waals surface area contributed by atoms with Crippen molar-refractivity contribution in [1.29, 1.82) is 0 Å². The first-order valence-corrected chi connectivity index (χ1v) is 7.34. The second-order valence-corrected chi connectivity index (χ2v) is 5.72. The van der Waals surface area contributed by atoms with Crippen molar-refractivity contribution < 1.29 is 19.1 Å². The summed E-state index contributed by atoms with van der Waals surface area (Å²) in [4.78, 5) is 25.9. The molecule has 0 amide bonds. The van der Waals surface area contributed by atoms with E-state index in [9.17, 15) is 9.59 Å². The molecule has 0 radical (unpaired) electrons. The van der Waals surface area contributed by atoms with E-state index in [2.05, 4.69) is 15.9 Å². The Morgan fingerprint density at radius 1 is 1.00 bits per heavy atom. The minimum atomic E-state index is -0.524. The summed E-state index contributed by atoms with van der Waals surface area (Å²) in [6.07, 6.45) is 3.32. The standard InChI is InChI=1S/C16H16BrNO4/c1-18-8-12(15(19)21-2)14(13(9-18)16(20)22-3)10-4-6-11(17)7-5-10/h4-9,14H,1-3H3. The molecular formula is C16H16BrNO4. The Labute approximate surface area is 137 Å². The molecule has 22 heavy (non-hydrogen) atoms. The van der Waals surface area contributed by atoms with E-state index in [-0.39, 0.29) is 0 Å². The lowest BCUT2D eigenvalue weighted by molar-refractivity contribution is -0.137. The van der Waals surface area contributed by atoms with E-state index in [1.165, 1.54) is 14.2 Å². The molecule has 1 aromatic carbocycles. The minimum Gasteiger partial charge on any atom is -0.466 e. The van der Waals surface area contributed by atoms with Crippen LogP contribution >= 0.6 is 15.9 Å². The third-order valence-corrected chi connectivity index (χ3v) is 3.88. The van der Waals surface area contributed by atoms with Gasteiger partial charge in [-0.05, 0) is 17.7 Å². The van der Waals surface area contributed by atoms with Gasteiger partial charge in [0, 0.05) is 23.9 Å². The highest BCUT2D eigenvalue weighted by atomic mass is 79.9. The molecule has 1 aliphatic rings. The van der Waals surface area contributed by atoms with Gasteiger partial charge in [0.05, 0.1) is 31.3 Å². The minimum absolute atomic E-state index is 0.384. The Morgan fingerprint density at radius 2 is 1.45 bits per heavy atom. The van der Waals surface area contributed by atoms with Gasteiger partial charge < -0.3 is 14.4 Å². The number of methoxy groups -OCH3 is 2. The molecule has 0 N–H and O–H groups in total. The SMILES string of the molecule is COC(=O)C1=CN(C)C=C(C(=O)OC)C1c1ccc(Br)cc1. The zero-order valence-electron chi connectivity index (χ0n) is 12.5. The molecule has 0 aliphatic carbocycles. The molecule has 1 heterocycles. The fraction of sp³-hybridized carbons (Fsp3) is 0.250. The molecule has 0 saturated heterocycles. The van der Waals surface area contributed by atoms with Crippen LogP contribution in [0.4, 0.5) is 0 Å². The fourth-order valence-electron chi connectivity index (χ4n) is 2.38. The van der Waals surface area contributed by atoms with Crippen molar-refractivity contribution in [2.24, 2.45) is 0 Å². The summed E-state index contributed by atoms with van der Waals surface area (Å²) in [5.41, 5.74) is 1.58. The number of nitrogens with zero attached hydrogens (tertiary/aromatic N) is 1. The van der Waals surface area contributed by atoms with Crippen LogP contribution in [-0.4, -0.2) is 38.1 Å². The first-order valence-electron chi connectivity index (χ1n) is 6.55. The molecule has 0 spiro atoms. The van der Waals surface area contributed by atoms with E-state index in [4.69, 9.17) is 9.47 Å². The molecule has 0 saturated carbocycles. The van der Waals surface area contributed by atoms with Crippen LogP contribution in [0.25, 0.3) is 0 Å². The number of carbonyl (C=O) groups is 2. The third kappa shape index (κ3) is 3.22. The summed E-state index contributed by atoms with van der Waals surface area (Å²) in [6.45, 7) is 0. The first-order chi connectivity index (χ1) is 10.5. The van der Waals surface area contributed by atoms with E-state index in [0.29, 0.717) is 11.1 Å². The van der Waals surface area contributed by atoms with E-state index < -0.39 is 17.9 Å². The molecule has 2 rings (SSSR count). The lowest BCUT2D eigenvalue weighted by Crippen LogP contribution is -2.27. The fourth-order valence-corrected chi connectivity index (χ4v) is 2.65. The normalized spacial score (nSPS) is 15.0. The summed E-state index contributed by atoms with van der Waals surface area (Å²) in [5, 5.41) is 0. The number of benzene rings is 1. The monoisotopic (exact) mass is 365 g/mol. The highest BCUT2D eigenvalue weighted by Gasteiger charge is 2.34. The van der Waals surface area contributed by atoms with Gasteiger partial charge in [0.2, 0.25) is 0 Å². The second-order valence-electron chi connectivity index (χ2n) is 4.80. The van der Waals surface area contributed by atoms with Gasteiger partial charge in [-0.25, -0.2) is 9.59 Å². The summed E-state index contributed by atoms with van der Waals surface area (Å²) in [6, 6.07) is 7.43. The molecule has 116 valence electrons. The largest absolute Gasteiger partial charge is 0.466 e. The molecule has 6 heteroatoms. The Bertz CT molecular complexity index is 615. The van der Waals surface area contributed by atoms with Crippen molar-refractivity contribution in [3.05, 3.63) is 57.8 Å². The van der Waals surface area contributed by atoms with Crippen LogP contribution in [0.1, 0.15) is 11.5 Å². The maximum Gasteiger partial charge on any atom is 0.336 e. The molecule has 0 unspecified atom stereocenters. The predicted octanol–water partition coefficient (Wildman–Crippen LogP) is 2.59. The van der Waals surface area contributed by atoms with Gasteiger partial charge in [-0.2, -0.15) is 0 Å². The smallest absolute Gasteiger partial charge is 0.336 e. The van der Waals surface area contributed by atoms with Crippen LogP contribution in [0.3, 0.4) is 0 Å². The van der Waals surface area contributed by atoms with E-state index >= 15 is 0 Å². The Balaban J connectivity index is 2.55. The molecule has 1 aliphatic heterocycles. The lowest BCUT2D eigenvalue weighted by atomic mass is 9.83. The number of hydrogen-bond acceptors (Lipinski definition) is 5. The number of carbonyl (C=O) groups excluding carboxylic acids is 2. The number of halogens is 1. The second kappa shape index (κ2) is 6.79. The Kier molecular flexibility index (Phi) is 5.03. The topological polar surface area (TPSA) is 55.8 Å². The summed E-state index contributed by atoms with van der Waals surface area (Å²) >= 11 is 3.37. The predicted molar refractivity (Wildman–Crippen MR) is 84.8 cm³/mol. The van der Waals surface area contributed by atoms with E-state index in [1.807, 2.05) is 24.3 Å². The van der Waals surface area contributed by atoms with Crippen molar-refractivity contribution in [2.45, 2.75) is 5.92 Å². The van der Waals surface area contributed by atoms with Crippen molar-refractivity contribution in [1.82, 2.24) is 4.90 Å². The molecule has 5 nitrogen and oxygen atoms in total. The van der Waals surface area contributed by atoms with Crippen LogP contribution in [0.15, 0.2) is 52.3 Å². The Morgan fingerprint density at radius 3 is 1.86 bits per heavy atom. The maximum absolute atomic E-state index is 12.1. The summed E-state index contributed by atoms with van der Waals surface area (Å²) in [5.74, 6) is -1.48. The molecular weight excluding hydrogens is 350 g/mol. The molecule has 0 aromatic heterocycles. The quantitative estimate of drug-likeness (QED) is 0.770. The molecule has 0 atom stereocenters. The van der Waals surface area contributed by atoms with E-state index in [1.54, 1.807) is 24.3 Å². The van der Waals surface area contributed by atoms with Crippen LogP contribution in [0.2, 0.25) is 0 Å². The lowest BCUT2D eigenvalue weighted by Gasteiger charge is -2.28. The summed E-state index contributed by atoms with van der Waals surface area (Å²) < 4.78 is 10.6. The van der Waals surface area contributed by atoms with Gasteiger partial charge >= 0.3 is 11.9 Å². The highest BCUT2D eigenvalue weighted by molar-refractivity contribution is 9.10. The average Bonchev–Trinajstić information content (AvgIpc) is 2.53. The number of ether oxygens (including phenoxy) is 2. The zero-order valence-corrected chi connectivity index (χ0v) is 14.1. The van der Waals surface area contributed by atoms with Gasteiger partial charge in [0.1, 0.15) is 0 Å². The number of esters is 2. The van der Waals surface area contributed by atoms with Gasteiger partial charge in [-0.15, -0.1) is 0 Å². The van der Waals surface area contributed by atoms with Crippen LogP contribution in [-0.2, 0) is 19.1 Å². The van der Waals surface area contributed by atoms with Crippen molar-refractivity contribution >= 4 is 27.9 Å². The van der Waals surface area contributed by atoms with Gasteiger partial charge in [0.25, 0.3) is 0 Å².